The van der Waals surface area contributed by atoms with Crippen LogP contribution in [0.25, 0.3) is 0 Å². The molecule has 1 fully saturated rings. The van der Waals surface area contributed by atoms with Crippen molar-refractivity contribution >= 4 is 21.9 Å². The molecule has 1 unspecified atom stereocenters. The molecular weight excluding hydrogens is 413 g/mol. The van der Waals surface area contributed by atoms with E-state index in [1.54, 1.807) is 0 Å². The molecule has 1 aliphatic rings. The summed E-state index contributed by atoms with van der Waals surface area (Å²) < 4.78 is 40.4. The van der Waals surface area contributed by atoms with E-state index in [-0.39, 0.29) is 22.5 Å². The maximum atomic E-state index is 13.5. The zero-order valence-electron chi connectivity index (χ0n) is 15.1. The number of benzene rings is 1. The van der Waals surface area contributed by atoms with Crippen molar-refractivity contribution in [2.75, 3.05) is 26.7 Å². The molecule has 8 heteroatoms. The Bertz CT molecular complexity index is 665. The van der Waals surface area contributed by atoms with Crippen LogP contribution in [-0.2, 0) is 18.1 Å². The summed E-state index contributed by atoms with van der Waals surface area (Å²) in [5.74, 6) is -0.994. The molecule has 0 radical (unpaired) electrons. The summed E-state index contributed by atoms with van der Waals surface area (Å²) in [6.45, 7) is 6.91. The number of nitrogens with zero attached hydrogens (tertiary/aromatic N) is 2. The summed E-state index contributed by atoms with van der Waals surface area (Å²) in [6, 6.07) is 2.69. The number of hydrogen-bond acceptors (Lipinski definition) is 3. The fourth-order valence-corrected chi connectivity index (χ4v) is 4.07. The SMILES string of the molecule is CC(C)C1CN(C)CCN1Cc1cc(C(=O)O)c(CBr)c(C(F)(F)F)c1. The topological polar surface area (TPSA) is 43.8 Å². The molecule has 26 heavy (non-hydrogen) atoms. The maximum Gasteiger partial charge on any atom is 0.416 e. The van der Waals surface area contributed by atoms with Gasteiger partial charge in [-0.1, -0.05) is 29.8 Å². The third-order valence-corrected chi connectivity index (χ3v) is 5.43. The van der Waals surface area contributed by atoms with Crippen molar-refractivity contribution in [3.05, 3.63) is 34.4 Å². The predicted molar refractivity (Wildman–Crippen MR) is 97.6 cm³/mol. The second-order valence-corrected chi connectivity index (χ2v) is 7.71. The van der Waals surface area contributed by atoms with Gasteiger partial charge in [0.1, 0.15) is 0 Å². The summed E-state index contributed by atoms with van der Waals surface area (Å²) in [6.07, 6.45) is -4.59. The van der Waals surface area contributed by atoms with Crippen LogP contribution in [0.3, 0.4) is 0 Å². The molecule has 1 heterocycles. The Morgan fingerprint density at radius 2 is 2.00 bits per heavy atom. The lowest BCUT2D eigenvalue weighted by Crippen LogP contribution is -2.53. The molecule has 1 saturated heterocycles. The van der Waals surface area contributed by atoms with E-state index in [1.807, 2.05) is 7.05 Å². The van der Waals surface area contributed by atoms with Crippen LogP contribution >= 0.6 is 15.9 Å². The van der Waals surface area contributed by atoms with Gasteiger partial charge in [0.25, 0.3) is 0 Å². The lowest BCUT2D eigenvalue weighted by Gasteiger charge is -2.42. The van der Waals surface area contributed by atoms with Gasteiger partial charge in [-0.3, -0.25) is 4.90 Å². The molecule has 4 nitrogen and oxygen atoms in total. The van der Waals surface area contributed by atoms with Gasteiger partial charge in [0.15, 0.2) is 0 Å². The molecule has 1 aromatic carbocycles. The molecule has 146 valence electrons. The lowest BCUT2D eigenvalue weighted by atomic mass is 9.95. The molecule has 0 aliphatic carbocycles. The molecule has 0 amide bonds. The van der Waals surface area contributed by atoms with Crippen LogP contribution in [0.4, 0.5) is 13.2 Å². The molecule has 1 aromatic rings. The monoisotopic (exact) mass is 436 g/mol. The summed E-state index contributed by atoms with van der Waals surface area (Å²) in [5.41, 5.74) is -1.01. The van der Waals surface area contributed by atoms with E-state index in [2.05, 4.69) is 39.6 Å². The quantitative estimate of drug-likeness (QED) is 0.706. The van der Waals surface area contributed by atoms with Gasteiger partial charge in [0.05, 0.1) is 11.1 Å². The molecule has 0 saturated carbocycles. The van der Waals surface area contributed by atoms with Gasteiger partial charge >= 0.3 is 12.1 Å². The Balaban J connectivity index is 2.43. The van der Waals surface area contributed by atoms with E-state index in [1.165, 1.54) is 6.07 Å². The Labute approximate surface area is 160 Å². The fraction of sp³-hybridized carbons (Fsp3) is 0.611. The highest BCUT2D eigenvalue weighted by atomic mass is 79.9. The Hall–Kier alpha value is -1.12. The molecule has 0 bridgehead atoms. The summed E-state index contributed by atoms with van der Waals surface area (Å²) in [5, 5.41) is 9.22. The van der Waals surface area contributed by atoms with Gasteiger partial charge in [-0.25, -0.2) is 4.79 Å². The van der Waals surface area contributed by atoms with Crippen LogP contribution < -0.4 is 0 Å². The first-order valence-corrected chi connectivity index (χ1v) is 9.61. The average Bonchev–Trinajstić information content (AvgIpc) is 2.54. The Morgan fingerprint density at radius 1 is 1.35 bits per heavy atom. The number of aromatic carboxylic acids is 1. The van der Waals surface area contributed by atoms with E-state index >= 15 is 0 Å². The number of carboxylic acids is 1. The molecule has 0 aromatic heterocycles. The number of likely N-dealkylation sites (N-methyl/N-ethyl adjacent to an activating group) is 1. The minimum Gasteiger partial charge on any atom is -0.478 e. The van der Waals surface area contributed by atoms with E-state index in [0.717, 1.165) is 25.7 Å². The van der Waals surface area contributed by atoms with Crippen LogP contribution in [-0.4, -0.2) is 53.6 Å². The van der Waals surface area contributed by atoms with E-state index in [0.29, 0.717) is 18.0 Å². The van der Waals surface area contributed by atoms with Crippen LogP contribution in [0.1, 0.15) is 40.9 Å². The first kappa shape index (κ1) is 21.2. The summed E-state index contributed by atoms with van der Waals surface area (Å²) in [7, 11) is 2.03. The second-order valence-electron chi connectivity index (χ2n) is 7.15. The van der Waals surface area contributed by atoms with Gasteiger partial charge in [-0.15, -0.1) is 0 Å². The third-order valence-electron chi connectivity index (χ3n) is 4.87. The lowest BCUT2D eigenvalue weighted by molar-refractivity contribution is -0.138. The molecule has 1 aliphatic heterocycles. The first-order chi connectivity index (χ1) is 12.0. The first-order valence-electron chi connectivity index (χ1n) is 8.49. The molecule has 1 atom stereocenters. The minimum absolute atomic E-state index is 0.160. The summed E-state index contributed by atoms with van der Waals surface area (Å²) >= 11 is 3.00. The molecule has 0 spiro atoms. The van der Waals surface area contributed by atoms with Gasteiger partial charge in [-0.05, 0) is 36.2 Å². The molecule has 1 N–H and O–H groups in total. The zero-order chi connectivity index (χ0) is 19.6. The van der Waals surface area contributed by atoms with E-state index in [4.69, 9.17) is 0 Å². The average molecular weight is 437 g/mol. The highest BCUT2D eigenvalue weighted by Gasteiger charge is 2.36. The van der Waals surface area contributed by atoms with Gasteiger partial charge in [0.2, 0.25) is 0 Å². The van der Waals surface area contributed by atoms with Gasteiger partial charge < -0.3 is 10.0 Å². The smallest absolute Gasteiger partial charge is 0.416 e. The van der Waals surface area contributed by atoms with Crippen molar-refractivity contribution in [3.8, 4) is 0 Å². The fourth-order valence-electron chi connectivity index (χ4n) is 3.47. The number of piperazine rings is 1. The van der Waals surface area contributed by atoms with E-state index in [9.17, 15) is 23.1 Å². The van der Waals surface area contributed by atoms with Crippen molar-refractivity contribution in [3.63, 3.8) is 0 Å². The van der Waals surface area contributed by atoms with Crippen molar-refractivity contribution in [2.24, 2.45) is 5.92 Å². The third kappa shape index (κ3) is 4.78. The molecular formula is C18H24BrF3N2O2. The highest BCUT2D eigenvalue weighted by molar-refractivity contribution is 9.08. The van der Waals surface area contributed by atoms with Crippen molar-refractivity contribution < 1.29 is 23.1 Å². The zero-order valence-corrected chi connectivity index (χ0v) is 16.7. The highest BCUT2D eigenvalue weighted by Crippen LogP contribution is 2.36. The number of halogens is 4. The Kier molecular flexibility index (Phi) is 6.74. The normalized spacial score (nSPS) is 19.9. The van der Waals surface area contributed by atoms with Crippen molar-refractivity contribution in [1.29, 1.82) is 0 Å². The van der Waals surface area contributed by atoms with Crippen LogP contribution in [0, 0.1) is 5.92 Å². The molecule has 2 rings (SSSR count). The van der Waals surface area contributed by atoms with Crippen LogP contribution in [0.2, 0.25) is 0 Å². The standard InChI is InChI=1S/C18H24BrF3N2O2/c1-11(2)16-10-23(3)4-5-24(16)9-12-6-13(17(25)26)14(8-19)15(7-12)18(20,21)22/h6-7,11,16H,4-5,8-10H2,1-3H3,(H,25,26). The summed E-state index contributed by atoms with van der Waals surface area (Å²) in [4.78, 5) is 15.9. The minimum atomic E-state index is -4.59. The largest absolute Gasteiger partial charge is 0.478 e. The van der Waals surface area contributed by atoms with Crippen LogP contribution in [0.5, 0.6) is 0 Å². The van der Waals surface area contributed by atoms with E-state index < -0.39 is 17.7 Å². The number of carbonyl (C=O) groups is 1. The van der Waals surface area contributed by atoms with Crippen LogP contribution in [0.15, 0.2) is 12.1 Å². The maximum absolute atomic E-state index is 13.5. The Morgan fingerprint density at radius 3 is 2.50 bits per heavy atom. The van der Waals surface area contributed by atoms with Gasteiger partial charge in [0, 0.05) is 37.6 Å². The number of hydrogen-bond donors (Lipinski definition) is 1. The number of rotatable bonds is 5. The number of carboxylic acid groups (broad SMARTS) is 1. The number of alkyl halides is 4. The van der Waals surface area contributed by atoms with Crippen molar-refractivity contribution in [1.82, 2.24) is 9.80 Å². The second kappa shape index (κ2) is 8.27. The van der Waals surface area contributed by atoms with Crippen molar-refractivity contribution in [2.45, 2.75) is 37.9 Å². The van der Waals surface area contributed by atoms with Gasteiger partial charge in [-0.2, -0.15) is 13.2 Å². The predicted octanol–water partition coefficient (Wildman–Crippen LogP) is 4.07.